The number of nitrogens with zero attached hydrogens (tertiary/aromatic N) is 1. The highest BCUT2D eigenvalue weighted by molar-refractivity contribution is 6.33. The number of benzene rings is 2. The van der Waals surface area contributed by atoms with Crippen LogP contribution in [0, 0.1) is 0 Å². The number of aromatic nitrogens is 1. The number of carbonyl (C=O) groups excluding carboxylic acids is 2. The van der Waals surface area contributed by atoms with Gasteiger partial charge in [-0.1, -0.05) is 41.9 Å². The van der Waals surface area contributed by atoms with Gasteiger partial charge in [-0.15, -0.1) is 0 Å². The molecule has 0 aliphatic heterocycles. The molecule has 1 heterocycles. The second-order valence-corrected chi connectivity index (χ2v) is 5.99. The van der Waals surface area contributed by atoms with Crippen molar-refractivity contribution in [3.05, 3.63) is 71.4 Å². The minimum absolute atomic E-state index is 0.330. The van der Waals surface area contributed by atoms with Gasteiger partial charge in [0.1, 0.15) is 6.04 Å². The molecule has 6 heteroatoms. The molecule has 0 aliphatic rings. The standard InChI is InChI=1S/C19H16ClN3O2/c1-12(22-19(25)15-7-3-4-8-16(15)20)18(24)23-14-10-13-6-2-5-9-17(13)21-11-14/h2-12H,1H3,(H,22,25)(H,23,24)/t12-/m0/s1. The molecule has 1 aromatic heterocycles. The first-order chi connectivity index (χ1) is 12.0. The maximum absolute atomic E-state index is 12.3. The highest BCUT2D eigenvalue weighted by Gasteiger charge is 2.18. The zero-order valence-electron chi connectivity index (χ0n) is 13.5. The number of nitrogens with one attached hydrogen (secondary N) is 2. The summed E-state index contributed by atoms with van der Waals surface area (Å²) in [6, 6.07) is 15.4. The zero-order valence-corrected chi connectivity index (χ0v) is 14.2. The van der Waals surface area contributed by atoms with E-state index < -0.39 is 11.9 Å². The van der Waals surface area contributed by atoms with Crippen LogP contribution in [0.25, 0.3) is 10.9 Å². The molecule has 126 valence electrons. The second-order valence-electron chi connectivity index (χ2n) is 5.58. The molecular formula is C19H16ClN3O2. The van der Waals surface area contributed by atoms with Gasteiger partial charge in [-0.3, -0.25) is 14.6 Å². The summed E-state index contributed by atoms with van der Waals surface area (Å²) in [4.78, 5) is 28.8. The van der Waals surface area contributed by atoms with Crippen molar-refractivity contribution in [2.75, 3.05) is 5.32 Å². The number of pyridine rings is 1. The summed E-state index contributed by atoms with van der Waals surface area (Å²) in [6.07, 6.45) is 1.59. The molecular weight excluding hydrogens is 338 g/mol. The van der Waals surface area contributed by atoms with Gasteiger partial charge in [-0.2, -0.15) is 0 Å². The van der Waals surface area contributed by atoms with E-state index in [0.717, 1.165) is 10.9 Å². The van der Waals surface area contributed by atoms with Crippen molar-refractivity contribution in [1.82, 2.24) is 10.3 Å². The van der Waals surface area contributed by atoms with Gasteiger partial charge in [0.2, 0.25) is 5.91 Å². The van der Waals surface area contributed by atoms with Gasteiger partial charge < -0.3 is 10.6 Å². The fourth-order valence-corrected chi connectivity index (χ4v) is 2.60. The Morgan fingerprint density at radius 1 is 1.08 bits per heavy atom. The Balaban J connectivity index is 1.67. The van der Waals surface area contributed by atoms with Crippen LogP contribution in [0.3, 0.4) is 0 Å². The van der Waals surface area contributed by atoms with Gasteiger partial charge in [0.15, 0.2) is 0 Å². The Bertz CT molecular complexity index is 943. The second kappa shape index (κ2) is 7.32. The molecule has 25 heavy (non-hydrogen) atoms. The number of hydrogen-bond donors (Lipinski definition) is 2. The maximum Gasteiger partial charge on any atom is 0.253 e. The smallest absolute Gasteiger partial charge is 0.253 e. The molecule has 0 radical (unpaired) electrons. The lowest BCUT2D eigenvalue weighted by Crippen LogP contribution is -2.41. The minimum Gasteiger partial charge on any atom is -0.340 e. The Morgan fingerprint density at radius 2 is 1.80 bits per heavy atom. The molecule has 3 rings (SSSR count). The SMILES string of the molecule is C[C@H](NC(=O)c1ccccc1Cl)C(=O)Nc1cnc2ccccc2c1. The normalized spacial score (nSPS) is 11.8. The largest absolute Gasteiger partial charge is 0.340 e. The molecule has 1 atom stereocenters. The first kappa shape index (κ1) is 16.9. The van der Waals surface area contributed by atoms with Gasteiger partial charge >= 0.3 is 0 Å². The molecule has 0 saturated heterocycles. The molecule has 0 bridgehead atoms. The van der Waals surface area contributed by atoms with E-state index in [-0.39, 0.29) is 5.91 Å². The van der Waals surface area contributed by atoms with Crippen molar-refractivity contribution in [3.63, 3.8) is 0 Å². The third-order valence-corrected chi connectivity index (χ3v) is 4.05. The van der Waals surface area contributed by atoms with Crippen LogP contribution in [0.4, 0.5) is 5.69 Å². The van der Waals surface area contributed by atoms with E-state index in [9.17, 15) is 9.59 Å². The summed E-state index contributed by atoms with van der Waals surface area (Å²) in [5.41, 5.74) is 1.75. The van der Waals surface area contributed by atoms with Gasteiger partial charge in [0.25, 0.3) is 5.91 Å². The van der Waals surface area contributed by atoms with Gasteiger partial charge in [-0.25, -0.2) is 0 Å². The molecule has 5 nitrogen and oxygen atoms in total. The summed E-state index contributed by atoms with van der Waals surface area (Å²) >= 11 is 6.00. The number of para-hydroxylation sites is 1. The first-order valence-corrected chi connectivity index (χ1v) is 8.13. The average Bonchev–Trinajstić information content (AvgIpc) is 2.61. The minimum atomic E-state index is -0.727. The third-order valence-electron chi connectivity index (χ3n) is 3.72. The summed E-state index contributed by atoms with van der Waals surface area (Å²) in [6.45, 7) is 1.61. The van der Waals surface area contributed by atoms with Gasteiger partial charge in [0.05, 0.1) is 28.0 Å². The van der Waals surface area contributed by atoms with Crippen molar-refractivity contribution in [1.29, 1.82) is 0 Å². The first-order valence-electron chi connectivity index (χ1n) is 7.75. The fourth-order valence-electron chi connectivity index (χ4n) is 2.38. The van der Waals surface area contributed by atoms with Gasteiger partial charge in [0, 0.05) is 5.39 Å². The monoisotopic (exact) mass is 353 g/mol. The highest BCUT2D eigenvalue weighted by Crippen LogP contribution is 2.17. The van der Waals surface area contributed by atoms with E-state index in [1.54, 1.807) is 37.4 Å². The molecule has 0 fully saturated rings. The van der Waals surface area contributed by atoms with E-state index in [1.807, 2.05) is 30.3 Å². The molecule has 0 saturated carbocycles. The quantitative estimate of drug-likeness (QED) is 0.752. The van der Waals surface area contributed by atoms with E-state index >= 15 is 0 Å². The van der Waals surface area contributed by atoms with Crippen molar-refractivity contribution in [2.24, 2.45) is 0 Å². The number of fused-ring (bicyclic) bond motifs is 1. The zero-order chi connectivity index (χ0) is 17.8. The molecule has 2 aromatic carbocycles. The van der Waals surface area contributed by atoms with E-state index in [1.165, 1.54) is 0 Å². The van der Waals surface area contributed by atoms with Crippen LogP contribution < -0.4 is 10.6 Å². The average molecular weight is 354 g/mol. The predicted molar refractivity (Wildman–Crippen MR) is 98.8 cm³/mol. The molecule has 2 N–H and O–H groups in total. The number of carbonyl (C=O) groups is 2. The predicted octanol–water partition coefficient (Wildman–Crippen LogP) is 3.65. The van der Waals surface area contributed by atoms with E-state index in [2.05, 4.69) is 15.6 Å². The number of amides is 2. The Kier molecular flexibility index (Phi) is 4.95. The van der Waals surface area contributed by atoms with Crippen LogP contribution >= 0.6 is 11.6 Å². The topological polar surface area (TPSA) is 71.1 Å². The molecule has 0 aliphatic carbocycles. The lowest BCUT2D eigenvalue weighted by atomic mass is 10.2. The molecule has 3 aromatic rings. The Hall–Kier alpha value is -2.92. The number of hydrogen-bond acceptors (Lipinski definition) is 3. The van der Waals surface area contributed by atoms with Crippen LogP contribution in [-0.2, 0) is 4.79 Å². The Labute approximate surface area is 150 Å². The summed E-state index contributed by atoms with van der Waals surface area (Å²) < 4.78 is 0. The molecule has 2 amide bonds. The van der Waals surface area contributed by atoms with Crippen molar-refractivity contribution < 1.29 is 9.59 Å². The lowest BCUT2D eigenvalue weighted by molar-refractivity contribution is -0.117. The lowest BCUT2D eigenvalue weighted by Gasteiger charge is -2.15. The van der Waals surface area contributed by atoms with Crippen molar-refractivity contribution >= 4 is 40.0 Å². The van der Waals surface area contributed by atoms with Gasteiger partial charge in [-0.05, 0) is 31.2 Å². The van der Waals surface area contributed by atoms with Crippen LogP contribution in [0.2, 0.25) is 5.02 Å². The van der Waals surface area contributed by atoms with Crippen LogP contribution in [0.1, 0.15) is 17.3 Å². The number of halogens is 1. The highest BCUT2D eigenvalue weighted by atomic mass is 35.5. The van der Waals surface area contributed by atoms with Crippen molar-refractivity contribution in [2.45, 2.75) is 13.0 Å². The van der Waals surface area contributed by atoms with E-state index in [0.29, 0.717) is 16.3 Å². The fraction of sp³-hybridized carbons (Fsp3) is 0.105. The van der Waals surface area contributed by atoms with Crippen molar-refractivity contribution in [3.8, 4) is 0 Å². The summed E-state index contributed by atoms with van der Waals surface area (Å²) in [7, 11) is 0. The summed E-state index contributed by atoms with van der Waals surface area (Å²) in [5.74, 6) is -0.734. The maximum atomic E-state index is 12.3. The number of rotatable bonds is 4. The molecule has 0 spiro atoms. The van der Waals surface area contributed by atoms with Crippen LogP contribution in [0.15, 0.2) is 60.8 Å². The third kappa shape index (κ3) is 3.95. The van der Waals surface area contributed by atoms with Crippen LogP contribution in [-0.4, -0.2) is 22.8 Å². The molecule has 0 unspecified atom stereocenters. The summed E-state index contributed by atoms with van der Waals surface area (Å²) in [5, 5.41) is 6.66. The van der Waals surface area contributed by atoms with Crippen LogP contribution in [0.5, 0.6) is 0 Å². The van der Waals surface area contributed by atoms with E-state index in [4.69, 9.17) is 11.6 Å². The Morgan fingerprint density at radius 3 is 2.60 bits per heavy atom. The number of anilines is 1.